The number of nitrogens with zero attached hydrogens (tertiary/aromatic N) is 1. The zero-order valence-corrected chi connectivity index (χ0v) is 7.93. The Hall–Kier alpha value is -1.51. The lowest BCUT2D eigenvalue weighted by Crippen LogP contribution is -2.19. The van der Waals surface area contributed by atoms with E-state index >= 15 is 0 Å². The van der Waals surface area contributed by atoms with Crippen LogP contribution in [0.5, 0.6) is 5.75 Å². The number of halogens is 6. The number of hydrogen-bond donors (Lipinski definition) is 1. The molecule has 1 heterocycles. The Bertz CT molecular complexity index is 406. The SMILES string of the molecule is OCc1c(F)ncc(OC(F)(F)F)c1C(F)F. The van der Waals surface area contributed by atoms with Crippen molar-refractivity contribution in [3.63, 3.8) is 0 Å². The summed E-state index contributed by atoms with van der Waals surface area (Å²) in [6.45, 7) is -1.21. The molecule has 1 rings (SSSR count). The van der Waals surface area contributed by atoms with Gasteiger partial charge in [-0.3, -0.25) is 0 Å². The second-order valence-corrected chi connectivity index (χ2v) is 2.81. The van der Waals surface area contributed by atoms with Crippen molar-refractivity contribution in [1.29, 1.82) is 0 Å². The Morgan fingerprint density at radius 2 is 1.94 bits per heavy atom. The summed E-state index contributed by atoms with van der Waals surface area (Å²) in [7, 11) is 0. The highest BCUT2D eigenvalue weighted by Gasteiger charge is 2.35. The van der Waals surface area contributed by atoms with E-state index in [0.717, 1.165) is 0 Å². The molecule has 0 aliphatic carbocycles. The van der Waals surface area contributed by atoms with Crippen molar-refractivity contribution >= 4 is 0 Å². The number of ether oxygens (including phenoxy) is 1. The van der Waals surface area contributed by atoms with Gasteiger partial charge in [0.1, 0.15) is 0 Å². The summed E-state index contributed by atoms with van der Waals surface area (Å²) in [5.74, 6) is -2.81. The number of aliphatic hydroxyl groups excluding tert-OH is 1. The molecule has 0 fully saturated rings. The second kappa shape index (κ2) is 4.78. The van der Waals surface area contributed by atoms with Crippen LogP contribution < -0.4 is 4.74 Å². The first kappa shape index (κ1) is 13.6. The van der Waals surface area contributed by atoms with Crippen LogP contribution in [0.4, 0.5) is 26.3 Å². The summed E-state index contributed by atoms with van der Waals surface area (Å²) in [4.78, 5) is 2.79. The predicted octanol–water partition coefficient (Wildman–Crippen LogP) is 2.55. The number of aromatic nitrogens is 1. The maximum Gasteiger partial charge on any atom is 0.573 e. The van der Waals surface area contributed by atoms with E-state index in [9.17, 15) is 26.3 Å². The van der Waals surface area contributed by atoms with Crippen molar-refractivity contribution in [1.82, 2.24) is 4.98 Å². The summed E-state index contributed by atoms with van der Waals surface area (Å²) >= 11 is 0. The molecule has 1 aromatic rings. The minimum Gasteiger partial charge on any atom is -0.404 e. The molecular weight excluding hydrogens is 256 g/mol. The zero-order valence-electron chi connectivity index (χ0n) is 7.93. The molecule has 0 bridgehead atoms. The first-order valence-electron chi connectivity index (χ1n) is 4.08. The van der Waals surface area contributed by atoms with E-state index in [1.54, 1.807) is 0 Å². The van der Waals surface area contributed by atoms with Crippen LogP contribution in [-0.4, -0.2) is 16.5 Å². The third-order valence-corrected chi connectivity index (χ3v) is 1.74. The fourth-order valence-corrected chi connectivity index (χ4v) is 1.12. The summed E-state index contributed by atoms with van der Waals surface area (Å²) in [6, 6.07) is 0. The van der Waals surface area contributed by atoms with Crippen molar-refractivity contribution in [2.24, 2.45) is 0 Å². The molecule has 0 radical (unpaired) electrons. The van der Waals surface area contributed by atoms with Crippen molar-refractivity contribution in [3.05, 3.63) is 23.3 Å². The molecule has 0 saturated carbocycles. The Balaban J connectivity index is 3.30. The molecule has 17 heavy (non-hydrogen) atoms. The topological polar surface area (TPSA) is 42.4 Å². The molecule has 1 aromatic heterocycles. The lowest BCUT2D eigenvalue weighted by atomic mass is 10.1. The number of rotatable bonds is 3. The average molecular weight is 261 g/mol. The van der Waals surface area contributed by atoms with Crippen molar-refractivity contribution in [2.75, 3.05) is 0 Å². The van der Waals surface area contributed by atoms with Gasteiger partial charge in [-0.25, -0.2) is 13.8 Å². The summed E-state index contributed by atoms with van der Waals surface area (Å²) in [5, 5.41) is 8.62. The van der Waals surface area contributed by atoms with E-state index in [0.29, 0.717) is 0 Å². The predicted molar refractivity (Wildman–Crippen MR) is 41.8 cm³/mol. The van der Waals surface area contributed by atoms with Gasteiger partial charge in [-0.1, -0.05) is 0 Å². The van der Waals surface area contributed by atoms with Gasteiger partial charge in [-0.15, -0.1) is 13.2 Å². The summed E-state index contributed by atoms with van der Waals surface area (Å²) in [5.41, 5.74) is -2.39. The largest absolute Gasteiger partial charge is 0.573 e. The molecule has 0 spiro atoms. The molecule has 96 valence electrons. The first-order valence-corrected chi connectivity index (χ1v) is 4.08. The normalized spacial score (nSPS) is 12.0. The van der Waals surface area contributed by atoms with Crippen LogP contribution in [0.25, 0.3) is 0 Å². The number of hydrogen-bond acceptors (Lipinski definition) is 3. The smallest absolute Gasteiger partial charge is 0.404 e. The van der Waals surface area contributed by atoms with Crippen LogP contribution in [0, 0.1) is 5.95 Å². The van der Waals surface area contributed by atoms with Gasteiger partial charge in [0.05, 0.1) is 18.4 Å². The number of alkyl halides is 5. The first-order chi connectivity index (χ1) is 7.76. The van der Waals surface area contributed by atoms with Gasteiger partial charge >= 0.3 is 6.36 Å². The Kier molecular flexibility index (Phi) is 3.81. The average Bonchev–Trinajstić information content (AvgIpc) is 2.17. The molecule has 9 heteroatoms. The van der Waals surface area contributed by atoms with Crippen LogP contribution in [-0.2, 0) is 6.61 Å². The molecule has 0 aliphatic rings. The highest BCUT2D eigenvalue weighted by molar-refractivity contribution is 5.38. The van der Waals surface area contributed by atoms with Crippen molar-refractivity contribution < 1.29 is 36.2 Å². The van der Waals surface area contributed by atoms with Gasteiger partial charge in [-0.2, -0.15) is 4.39 Å². The van der Waals surface area contributed by atoms with Crippen molar-refractivity contribution in [3.8, 4) is 5.75 Å². The van der Waals surface area contributed by atoms with Crippen molar-refractivity contribution in [2.45, 2.75) is 19.4 Å². The van der Waals surface area contributed by atoms with E-state index in [4.69, 9.17) is 5.11 Å². The van der Waals surface area contributed by atoms with Crippen LogP contribution >= 0.6 is 0 Å². The molecule has 0 atom stereocenters. The fourth-order valence-electron chi connectivity index (χ4n) is 1.12. The van der Waals surface area contributed by atoms with Gasteiger partial charge in [-0.05, 0) is 0 Å². The fraction of sp³-hybridized carbons (Fsp3) is 0.375. The lowest BCUT2D eigenvalue weighted by molar-refractivity contribution is -0.275. The van der Waals surface area contributed by atoms with Gasteiger partial charge < -0.3 is 9.84 Å². The van der Waals surface area contributed by atoms with Gasteiger partial charge in [0.25, 0.3) is 6.43 Å². The molecule has 0 saturated heterocycles. The molecule has 0 amide bonds. The molecule has 0 aromatic carbocycles. The number of pyridine rings is 1. The molecule has 1 N–H and O–H groups in total. The van der Waals surface area contributed by atoms with Crippen LogP contribution in [0.3, 0.4) is 0 Å². The second-order valence-electron chi connectivity index (χ2n) is 2.81. The van der Waals surface area contributed by atoms with Crippen LogP contribution in [0.1, 0.15) is 17.6 Å². The van der Waals surface area contributed by atoms with E-state index in [1.165, 1.54) is 0 Å². The van der Waals surface area contributed by atoms with E-state index in [2.05, 4.69) is 9.72 Å². The van der Waals surface area contributed by atoms with E-state index < -0.39 is 42.2 Å². The van der Waals surface area contributed by atoms with E-state index in [-0.39, 0.29) is 6.20 Å². The third-order valence-electron chi connectivity index (χ3n) is 1.74. The third kappa shape index (κ3) is 3.22. The number of aliphatic hydroxyl groups is 1. The highest BCUT2D eigenvalue weighted by Crippen LogP contribution is 2.35. The maximum absolute atomic E-state index is 12.9. The zero-order chi connectivity index (χ0) is 13.2. The lowest BCUT2D eigenvalue weighted by Gasteiger charge is -2.15. The van der Waals surface area contributed by atoms with Crippen LogP contribution in [0.2, 0.25) is 0 Å². The molecular formula is C8H5F6NO2. The highest BCUT2D eigenvalue weighted by atomic mass is 19.4. The summed E-state index contributed by atoms with van der Waals surface area (Å²) in [6.07, 6.45) is -8.47. The minimum atomic E-state index is -5.21. The minimum absolute atomic E-state index is 0.184. The van der Waals surface area contributed by atoms with E-state index in [1.807, 2.05) is 0 Å². The monoisotopic (exact) mass is 261 g/mol. The maximum atomic E-state index is 12.9. The van der Waals surface area contributed by atoms with Gasteiger partial charge in [0, 0.05) is 5.56 Å². The Morgan fingerprint density at radius 1 is 1.35 bits per heavy atom. The van der Waals surface area contributed by atoms with Gasteiger partial charge in [0.2, 0.25) is 5.95 Å². The Morgan fingerprint density at radius 3 is 2.35 bits per heavy atom. The van der Waals surface area contributed by atoms with Crippen LogP contribution in [0.15, 0.2) is 6.20 Å². The standard InChI is InChI=1S/C8H5F6NO2/c9-6(10)5-3(2-16)7(11)15-1-4(5)17-8(12,13)14/h1,6,16H,2H2. The van der Waals surface area contributed by atoms with Gasteiger partial charge in [0.15, 0.2) is 5.75 Å². The molecule has 3 nitrogen and oxygen atoms in total. The molecule has 0 unspecified atom stereocenters. The quantitative estimate of drug-likeness (QED) is 0.671. The Labute approximate surface area is 90.6 Å². The molecule has 0 aliphatic heterocycles. The summed E-state index contributed by atoms with van der Waals surface area (Å²) < 4.78 is 76.7.